The second-order valence-corrected chi connectivity index (χ2v) is 14.5. The Balaban J connectivity index is 1.18. The largest absolute Gasteiger partial charge is 0.435 e. The number of fused-ring (bicyclic) bond motifs is 8. The summed E-state index contributed by atoms with van der Waals surface area (Å²) >= 11 is 1.77. The van der Waals surface area contributed by atoms with E-state index in [1.54, 1.807) is 11.3 Å². The molecular formula is C48H28N4OS. The first-order valence-corrected chi connectivity index (χ1v) is 18.7. The number of hydrogen-bond donors (Lipinski definition) is 0. The minimum absolute atomic E-state index is 0.594. The fourth-order valence-corrected chi connectivity index (χ4v) is 8.67. The SMILES string of the molecule is c1ccc(-c2ccc(-c3nc(-c4ccc5ccccc5c4)nc(-c4cc5sc6ccccc6c5c5c4ccc4nc(-c6ccccc6)oc45)n3)cc2)cc1. The van der Waals surface area contributed by atoms with Gasteiger partial charge in [0, 0.05) is 47.8 Å². The molecule has 0 saturated heterocycles. The standard InChI is InChI=1S/C48H28N4OS/c1-3-11-29(12-4-1)31-19-22-32(23-20-31)45-50-46(35-24-21-30-13-7-8-16-34(30)27-35)52-47(51-45)38-28-41-42(37-17-9-10-18-40(37)54-41)43-36(38)25-26-39-44(43)53-48(49-39)33-14-5-2-6-15-33/h1-28H. The van der Waals surface area contributed by atoms with E-state index in [1.807, 2.05) is 42.5 Å². The predicted octanol–water partition coefficient (Wildman–Crippen LogP) is 13.0. The molecule has 3 aromatic heterocycles. The van der Waals surface area contributed by atoms with Gasteiger partial charge in [-0.3, -0.25) is 0 Å². The van der Waals surface area contributed by atoms with E-state index in [2.05, 4.69) is 127 Å². The van der Waals surface area contributed by atoms with Gasteiger partial charge < -0.3 is 4.42 Å². The highest BCUT2D eigenvalue weighted by Crippen LogP contribution is 2.45. The smallest absolute Gasteiger partial charge is 0.227 e. The molecule has 0 spiro atoms. The maximum absolute atomic E-state index is 6.70. The van der Waals surface area contributed by atoms with Gasteiger partial charge in [-0.05, 0) is 63.7 Å². The van der Waals surface area contributed by atoms with Crippen LogP contribution in [0.3, 0.4) is 0 Å². The Morgan fingerprint density at radius 3 is 1.83 bits per heavy atom. The highest BCUT2D eigenvalue weighted by molar-refractivity contribution is 7.26. The molecular weight excluding hydrogens is 681 g/mol. The normalized spacial score (nSPS) is 11.7. The molecule has 0 radical (unpaired) electrons. The third kappa shape index (κ3) is 5.07. The van der Waals surface area contributed by atoms with Crippen LogP contribution in [-0.2, 0) is 0 Å². The van der Waals surface area contributed by atoms with Crippen molar-refractivity contribution < 1.29 is 4.42 Å². The van der Waals surface area contributed by atoms with E-state index in [9.17, 15) is 0 Å². The van der Waals surface area contributed by atoms with Crippen molar-refractivity contribution >= 4 is 64.2 Å². The molecule has 11 rings (SSSR count). The third-order valence-electron chi connectivity index (χ3n) is 10.2. The summed E-state index contributed by atoms with van der Waals surface area (Å²) in [6.45, 7) is 0. The lowest BCUT2D eigenvalue weighted by atomic mass is 9.97. The Labute approximate surface area is 313 Å². The van der Waals surface area contributed by atoms with Crippen molar-refractivity contribution in [2.45, 2.75) is 0 Å². The summed E-state index contributed by atoms with van der Waals surface area (Å²) in [5.74, 6) is 2.42. The molecule has 252 valence electrons. The summed E-state index contributed by atoms with van der Waals surface area (Å²) in [6, 6.07) is 58.7. The minimum atomic E-state index is 0.594. The van der Waals surface area contributed by atoms with Crippen molar-refractivity contribution in [3.8, 4) is 56.7 Å². The second kappa shape index (κ2) is 12.3. The van der Waals surface area contributed by atoms with Crippen molar-refractivity contribution in [3.63, 3.8) is 0 Å². The average molecular weight is 709 g/mol. The predicted molar refractivity (Wildman–Crippen MR) is 222 cm³/mol. The molecule has 54 heavy (non-hydrogen) atoms. The molecule has 0 aliphatic heterocycles. The quantitative estimate of drug-likeness (QED) is 0.178. The molecule has 0 bridgehead atoms. The third-order valence-corrected chi connectivity index (χ3v) is 11.3. The number of aromatic nitrogens is 4. The zero-order valence-electron chi connectivity index (χ0n) is 28.8. The molecule has 0 N–H and O–H groups in total. The van der Waals surface area contributed by atoms with Crippen molar-refractivity contribution in [3.05, 3.63) is 170 Å². The van der Waals surface area contributed by atoms with Gasteiger partial charge >= 0.3 is 0 Å². The molecule has 11 aromatic rings. The van der Waals surface area contributed by atoms with Crippen LogP contribution in [0.2, 0.25) is 0 Å². The number of nitrogens with zero attached hydrogens (tertiary/aromatic N) is 4. The summed E-state index contributed by atoms with van der Waals surface area (Å²) in [5, 5.41) is 6.63. The van der Waals surface area contributed by atoms with E-state index in [0.717, 1.165) is 70.7 Å². The second-order valence-electron chi connectivity index (χ2n) is 13.4. The Kier molecular flexibility index (Phi) is 6.97. The van der Waals surface area contributed by atoms with E-state index in [-0.39, 0.29) is 0 Å². The first kappa shape index (κ1) is 30.6. The molecule has 6 heteroatoms. The molecule has 8 aromatic carbocycles. The fourth-order valence-electron chi connectivity index (χ4n) is 7.51. The first-order chi connectivity index (χ1) is 26.7. The van der Waals surface area contributed by atoms with E-state index in [0.29, 0.717) is 23.4 Å². The Bertz CT molecular complexity index is 3210. The topological polar surface area (TPSA) is 64.7 Å². The van der Waals surface area contributed by atoms with Gasteiger partial charge in [0.15, 0.2) is 23.1 Å². The molecule has 0 unspecified atom stereocenters. The van der Waals surface area contributed by atoms with Crippen LogP contribution < -0.4 is 0 Å². The highest BCUT2D eigenvalue weighted by atomic mass is 32.1. The van der Waals surface area contributed by atoms with Crippen molar-refractivity contribution in [1.29, 1.82) is 0 Å². The molecule has 0 atom stereocenters. The van der Waals surface area contributed by atoms with Gasteiger partial charge in [0.25, 0.3) is 0 Å². The van der Waals surface area contributed by atoms with Crippen LogP contribution in [-0.4, -0.2) is 19.9 Å². The molecule has 0 saturated carbocycles. The van der Waals surface area contributed by atoms with E-state index >= 15 is 0 Å². The van der Waals surface area contributed by atoms with Gasteiger partial charge in [0.1, 0.15) is 5.52 Å². The average Bonchev–Trinajstić information content (AvgIpc) is 3.86. The van der Waals surface area contributed by atoms with Crippen LogP contribution in [0.25, 0.3) is 110 Å². The van der Waals surface area contributed by atoms with Crippen LogP contribution in [0.1, 0.15) is 0 Å². The fraction of sp³-hybridized carbons (Fsp3) is 0. The molecule has 3 heterocycles. The van der Waals surface area contributed by atoms with E-state index in [1.165, 1.54) is 15.5 Å². The van der Waals surface area contributed by atoms with Gasteiger partial charge in [0.2, 0.25) is 5.89 Å². The van der Waals surface area contributed by atoms with Crippen molar-refractivity contribution in [2.75, 3.05) is 0 Å². The lowest BCUT2D eigenvalue weighted by Crippen LogP contribution is -2.01. The molecule has 0 fully saturated rings. The summed E-state index contributed by atoms with van der Waals surface area (Å²) < 4.78 is 9.04. The summed E-state index contributed by atoms with van der Waals surface area (Å²) in [6.07, 6.45) is 0. The highest BCUT2D eigenvalue weighted by Gasteiger charge is 2.22. The van der Waals surface area contributed by atoms with E-state index < -0.39 is 0 Å². The van der Waals surface area contributed by atoms with Crippen LogP contribution in [0, 0.1) is 0 Å². The number of rotatable bonds is 5. The summed E-state index contributed by atoms with van der Waals surface area (Å²) in [5.41, 5.74) is 7.55. The monoisotopic (exact) mass is 708 g/mol. The van der Waals surface area contributed by atoms with Crippen LogP contribution in [0.5, 0.6) is 0 Å². The summed E-state index contributed by atoms with van der Waals surface area (Å²) in [4.78, 5) is 20.6. The zero-order chi connectivity index (χ0) is 35.6. The minimum Gasteiger partial charge on any atom is -0.435 e. The Hall–Kier alpha value is -7.02. The van der Waals surface area contributed by atoms with Gasteiger partial charge in [0.05, 0.1) is 0 Å². The number of benzene rings is 8. The van der Waals surface area contributed by atoms with Gasteiger partial charge in [-0.2, -0.15) is 0 Å². The van der Waals surface area contributed by atoms with E-state index in [4.69, 9.17) is 24.4 Å². The zero-order valence-corrected chi connectivity index (χ0v) is 29.6. The molecule has 0 amide bonds. The number of hydrogen-bond acceptors (Lipinski definition) is 6. The van der Waals surface area contributed by atoms with Crippen LogP contribution >= 0.6 is 11.3 Å². The number of oxazole rings is 1. The maximum Gasteiger partial charge on any atom is 0.227 e. The summed E-state index contributed by atoms with van der Waals surface area (Å²) in [7, 11) is 0. The Morgan fingerprint density at radius 1 is 0.389 bits per heavy atom. The first-order valence-electron chi connectivity index (χ1n) is 17.9. The molecule has 0 aliphatic carbocycles. The van der Waals surface area contributed by atoms with Gasteiger partial charge in [-0.1, -0.05) is 133 Å². The maximum atomic E-state index is 6.70. The van der Waals surface area contributed by atoms with Crippen LogP contribution in [0.15, 0.2) is 174 Å². The van der Waals surface area contributed by atoms with Gasteiger partial charge in [-0.25, -0.2) is 19.9 Å². The molecule has 5 nitrogen and oxygen atoms in total. The van der Waals surface area contributed by atoms with Crippen LogP contribution in [0.4, 0.5) is 0 Å². The van der Waals surface area contributed by atoms with Crippen molar-refractivity contribution in [2.24, 2.45) is 0 Å². The van der Waals surface area contributed by atoms with Crippen molar-refractivity contribution in [1.82, 2.24) is 19.9 Å². The Morgan fingerprint density at radius 2 is 1.02 bits per heavy atom. The molecule has 0 aliphatic rings. The number of thiophene rings is 1. The lowest BCUT2D eigenvalue weighted by Gasteiger charge is -2.12. The lowest BCUT2D eigenvalue weighted by molar-refractivity contribution is 0.623. The van der Waals surface area contributed by atoms with Gasteiger partial charge in [-0.15, -0.1) is 11.3 Å².